The van der Waals surface area contributed by atoms with E-state index in [0.29, 0.717) is 23.8 Å². The molecule has 0 amide bonds. The molecule has 2 aliphatic rings. The third-order valence-corrected chi connectivity index (χ3v) is 3.74. The highest BCUT2D eigenvalue weighted by Crippen LogP contribution is 2.38. The molecule has 3 nitrogen and oxygen atoms in total. The van der Waals surface area contributed by atoms with Crippen molar-refractivity contribution in [3.05, 3.63) is 11.8 Å². The molecule has 0 aliphatic carbocycles. The normalized spacial score (nSPS) is 25.4. The van der Waals surface area contributed by atoms with Crippen LogP contribution in [0.3, 0.4) is 0 Å². The van der Waals surface area contributed by atoms with E-state index in [1.165, 1.54) is 6.20 Å². The third kappa shape index (κ3) is 2.16. The van der Waals surface area contributed by atoms with Crippen molar-refractivity contribution in [3.8, 4) is 6.07 Å². The van der Waals surface area contributed by atoms with Crippen LogP contribution in [-0.2, 0) is 0 Å². The maximum absolute atomic E-state index is 12.5. The fourth-order valence-corrected chi connectivity index (χ4v) is 2.59. The maximum Gasteiger partial charge on any atom is 0.401 e. The molecule has 16 heavy (non-hydrogen) atoms. The van der Waals surface area contributed by atoms with Gasteiger partial charge in [0.25, 0.3) is 0 Å². The van der Waals surface area contributed by atoms with E-state index in [0.717, 1.165) is 11.8 Å². The van der Waals surface area contributed by atoms with Gasteiger partial charge in [-0.2, -0.15) is 18.4 Å². The van der Waals surface area contributed by atoms with Gasteiger partial charge in [-0.25, -0.2) is 4.99 Å². The summed E-state index contributed by atoms with van der Waals surface area (Å²) in [7, 11) is 0. The summed E-state index contributed by atoms with van der Waals surface area (Å²) in [5, 5.41) is 7.65. The van der Waals surface area contributed by atoms with Crippen molar-refractivity contribution in [2.75, 3.05) is 13.1 Å². The summed E-state index contributed by atoms with van der Waals surface area (Å²) in [6.45, 7) is 0.669. The van der Waals surface area contributed by atoms with Gasteiger partial charge in [-0.3, -0.25) is 0 Å². The summed E-state index contributed by atoms with van der Waals surface area (Å²) >= 11 is 0.732. The highest BCUT2D eigenvalue weighted by molar-refractivity contribution is 8.14. The maximum atomic E-state index is 12.5. The lowest BCUT2D eigenvalue weighted by Gasteiger charge is -2.35. The molecule has 1 unspecified atom stereocenters. The van der Waals surface area contributed by atoms with Crippen molar-refractivity contribution in [1.82, 2.24) is 4.90 Å². The Morgan fingerprint density at radius 2 is 2.31 bits per heavy atom. The van der Waals surface area contributed by atoms with Crippen molar-refractivity contribution in [2.45, 2.75) is 17.8 Å². The minimum atomic E-state index is -4.18. The van der Waals surface area contributed by atoms with Gasteiger partial charge in [-0.15, -0.1) is 0 Å². The number of hydrogen-bond donors (Lipinski definition) is 0. The van der Waals surface area contributed by atoms with Gasteiger partial charge in [0.15, 0.2) is 5.17 Å². The molecule has 0 bridgehead atoms. The highest BCUT2D eigenvalue weighted by atomic mass is 32.2. The minimum Gasteiger partial charge on any atom is -0.346 e. The Balaban J connectivity index is 2.13. The van der Waals surface area contributed by atoms with E-state index >= 15 is 0 Å². The first-order valence-corrected chi connectivity index (χ1v) is 5.54. The third-order valence-electron chi connectivity index (χ3n) is 2.38. The second-order valence-corrected chi connectivity index (χ2v) is 4.71. The van der Waals surface area contributed by atoms with Crippen LogP contribution in [0.5, 0.6) is 0 Å². The van der Waals surface area contributed by atoms with Gasteiger partial charge in [-0.1, -0.05) is 11.8 Å². The highest BCUT2D eigenvalue weighted by Gasteiger charge is 2.44. The number of amidine groups is 1. The standard InChI is InChI=1S/C9H8F3N3S/c10-9(11,12)7-1-2-15-5-6(3-13)4-14-8(15)16-7/h4,7H,1-2,5H2. The molecule has 2 heterocycles. The van der Waals surface area contributed by atoms with Gasteiger partial charge in [0.1, 0.15) is 5.25 Å². The quantitative estimate of drug-likeness (QED) is 0.658. The van der Waals surface area contributed by atoms with Crippen LogP contribution in [0.15, 0.2) is 16.8 Å². The molecule has 0 aromatic carbocycles. The molecule has 1 saturated heterocycles. The predicted octanol–water partition coefficient (Wildman–Crippen LogP) is 2.13. The number of halogens is 3. The van der Waals surface area contributed by atoms with Gasteiger partial charge in [0, 0.05) is 12.7 Å². The van der Waals surface area contributed by atoms with Gasteiger partial charge < -0.3 is 4.90 Å². The van der Waals surface area contributed by atoms with Crippen molar-refractivity contribution in [3.63, 3.8) is 0 Å². The van der Waals surface area contributed by atoms with Crippen LogP contribution in [0.25, 0.3) is 0 Å². The number of hydrogen-bond acceptors (Lipinski definition) is 4. The topological polar surface area (TPSA) is 39.4 Å². The fraction of sp³-hybridized carbons (Fsp3) is 0.556. The summed E-state index contributed by atoms with van der Waals surface area (Å²) in [4.78, 5) is 5.60. The molecular weight excluding hydrogens is 239 g/mol. The van der Waals surface area contributed by atoms with E-state index in [-0.39, 0.29) is 6.42 Å². The van der Waals surface area contributed by atoms with Crippen LogP contribution < -0.4 is 0 Å². The second kappa shape index (κ2) is 4.01. The van der Waals surface area contributed by atoms with Crippen LogP contribution in [0.4, 0.5) is 13.2 Å². The van der Waals surface area contributed by atoms with Crippen LogP contribution in [0, 0.1) is 11.3 Å². The Bertz CT molecular complexity index is 394. The molecule has 2 rings (SSSR count). The minimum absolute atomic E-state index is 0.0475. The van der Waals surface area contributed by atoms with E-state index < -0.39 is 11.4 Å². The van der Waals surface area contributed by atoms with Gasteiger partial charge in [0.2, 0.25) is 0 Å². The first kappa shape index (κ1) is 11.3. The van der Waals surface area contributed by atoms with Crippen LogP contribution in [0.1, 0.15) is 6.42 Å². The van der Waals surface area contributed by atoms with Crippen LogP contribution in [0.2, 0.25) is 0 Å². The molecule has 0 saturated carbocycles. The van der Waals surface area contributed by atoms with E-state index in [1.807, 2.05) is 6.07 Å². The molecule has 0 aromatic heterocycles. The molecule has 1 atom stereocenters. The zero-order valence-corrected chi connectivity index (χ0v) is 8.98. The lowest BCUT2D eigenvalue weighted by Crippen LogP contribution is -2.43. The van der Waals surface area contributed by atoms with E-state index in [2.05, 4.69) is 4.99 Å². The first-order chi connectivity index (χ1) is 7.50. The number of rotatable bonds is 0. The lowest BCUT2D eigenvalue weighted by atomic mass is 10.2. The summed E-state index contributed by atoms with van der Waals surface area (Å²) in [5.74, 6) is 0. The molecule has 2 aliphatic heterocycles. The summed E-state index contributed by atoms with van der Waals surface area (Å²) in [5.41, 5.74) is 0.481. The van der Waals surface area contributed by atoms with Gasteiger partial charge in [-0.05, 0) is 6.42 Å². The summed E-state index contributed by atoms with van der Waals surface area (Å²) < 4.78 is 37.4. The van der Waals surface area contributed by atoms with Crippen molar-refractivity contribution >= 4 is 16.9 Å². The average molecular weight is 247 g/mol. The Kier molecular flexibility index (Phi) is 2.84. The van der Waals surface area contributed by atoms with E-state index in [1.54, 1.807) is 4.90 Å². The monoisotopic (exact) mass is 247 g/mol. The Morgan fingerprint density at radius 1 is 1.56 bits per heavy atom. The van der Waals surface area contributed by atoms with Crippen molar-refractivity contribution in [1.29, 1.82) is 5.26 Å². The van der Waals surface area contributed by atoms with Crippen molar-refractivity contribution < 1.29 is 13.2 Å². The molecule has 0 aromatic rings. The number of fused-ring (bicyclic) bond motifs is 1. The van der Waals surface area contributed by atoms with E-state index in [4.69, 9.17) is 5.26 Å². The van der Waals surface area contributed by atoms with E-state index in [9.17, 15) is 13.2 Å². The molecule has 7 heteroatoms. The molecule has 86 valence electrons. The van der Waals surface area contributed by atoms with Crippen molar-refractivity contribution in [2.24, 2.45) is 4.99 Å². The Hall–Kier alpha value is -1.16. The number of nitrogens with zero attached hydrogens (tertiary/aromatic N) is 3. The van der Waals surface area contributed by atoms with Gasteiger partial charge in [0.05, 0.1) is 18.2 Å². The zero-order valence-electron chi connectivity index (χ0n) is 8.16. The average Bonchev–Trinajstić information content (AvgIpc) is 2.26. The predicted molar refractivity (Wildman–Crippen MR) is 54.8 cm³/mol. The Labute approximate surface area is 94.6 Å². The number of alkyl halides is 3. The summed E-state index contributed by atoms with van der Waals surface area (Å²) in [6.07, 6.45) is -2.79. The smallest absolute Gasteiger partial charge is 0.346 e. The zero-order chi connectivity index (χ0) is 11.8. The lowest BCUT2D eigenvalue weighted by molar-refractivity contribution is -0.130. The largest absolute Gasteiger partial charge is 0.401 e. The molecule has 0 spiro atoms. The van der Waals surface area contributed by atoms with Gasteiger partial charge >= 0.3 is 6.18 Å². The van der Waals surface area contributed by atoms with Crippen LogP contribution >= 0.6 is 11.8 Å². The SMILES string of the molecule is N#CC1=CN=C2SC(C(F)(F)F)CCN2C1. The molecular formula is C9H8F3N3S. The molecule has 0 radical (unpaired) electrons. The number of aliphatic imine (C=N–C) groups is 1. The number of thioether (sulfide) groups is 1. The molecule has 1 fully saturated rings. The Morgan fingerprint density at radius 3 is 2.94 bits per heavy atom. The van der Waals surface area contributed by atoms with Crippen LogP contribution in [-0.4, -0.2) is 34.6 Å². The fourth-order valence-electron chi connectivity index (χ4n) is 1.56. The molecule has 0 N–H and O–H groups in total. The second-order valence-electron chi connectivity index (χ2n) is 3.54. The number of nitriles is 1. The summed E-state index contributed by atoms with van der Waals surface area (Å²) in [6, 6.07) is 1.96. The first-order valence-electron chi connectivity index (χ1n) is 4.66.